The van der Waals surface area contributed by atoms with Crippen molar-refractivity contribution in [3.63, 3.8) is 0 Å². The number of carbonyl (C=O) groups is 2. The van der Waals surface area contributed by atoms with E-state index in [9.17, 15) is 22.8 Å². The number of urea groups is 1. The van der Waals surface area contributed by atoms with Crippen LogP contribution in [-0.4, -0.2) is 26.5 Å². The summed E-state index contributed by atoms with van der Waals surface area (Å²) in [5.41, 5.74) is 6.54. The summed E-state index contributed by atoms with van der Waals surface area (Å²) >= 11 is 0. The van der Waals surface area contributed by atoms with Crippen molar-refractivity contribution in [3.8, 4) is 11.6 Å². The average molecular weight is 484 g/mol. The Morgan fingerprint density at radius 1 is 1.09 bits per heavy atom. The minimum absolute atomic E-state index is 0.00155. The maximum absolute atomic E-state index is 12.9. The van der Waals surface area contributed by atoms with Crippen molar-refractivity contribution in [2.24, 2.45) is 5.73 Å². The van der Waals surface area contributed by atoms with Gasteiger partial charge in [0, 0.05) is 17.6 Å². The van der Waals surface area contributed by atoms with Crippen molar-refractivity contribution < 1.29 is 27.5 Å². The van der Waals surface area contributed by atoms with Crippen LogP contribution in [0.4, 0.5) is 29.3 Å². The van der Waals surface area contributed by atoms with E-state index in [4.69, 9.17) is 10.5 Å². The highest BCUT2D eigenvalue weighted by atomic mass is 19.4. The number of nitrogens with zero attached hydrogens (tertiary/aromatic N) is 3. The van der Waals surface area contributed by atoms with Crippen LogP contribution < -0.4 is 21.1 Å². The number of nitrogens with two attached hydrogens (primary N) is 1. The summed E-state index contributed by atoms with van der Waals surface area (Å²) < 4.78 is 46.1. The van der Waals surface area contributed by atoms with Gasteiger partial charge in [-0.2, -0.15) is 18.2 Å². The fourth-order valence-corrected chi connectivity index (χ4v) is 3.39. The van der Waals surface area contributed by atoms with E-state index in [0.717, 1.165) is 12.1 Å². The molecule has 2 aromatic carbocycles. The molecule has 0 fully saturated rings. The van der Waals surface area contributed by atoms with Gasteiger partial charge in [-0.15, -0.1) is 0 Å². The van der Waals surface area contributed by atoms with Crippen LogP contribution in [0.2, 0.25) is 0 Å². The molecule has 0 atom stereocenters. The normalized spacial score (nSPS) is 11.3. The molecule has 0 radical (unpaired) electrons. The van der Waals surface area contributed by atoms with Crippen LogP contribution in [0.1, 0.15) is 11.1 Å². The molecule has 35 heavy (non-hydrogen) atoms. The van der Waals surface area contributed by atoms with E-state index < -0.39 is 23.7 Å². The molecule has 180 valence electrons. The quantitative estimate of drug-likeness (QED) is 0.367. The van der Waals surface area contributed by atoms with Gasteiger partial charge in [0.05, 0.1) is 11.1 Å². The van der Waals surface area contributed by atoms with Gasteiger partial charge in [0.15, 0.2) is 0 Å². The van der Waals surface area contributed by atoms with Crippen molar-refractivity contribution in [1.82, 2.24) is 14.5 Å². The summed E-state index contributed by atoms with van der Waals surface area (Å²) in [6.07, 6.45) is -1.54. The molecule has 3 amide bonds. The molecule has 0 saturated carbocycles. The molecule has 0 aliphatic heterocycles. The predicted molar refractivity (Wildman–Crippen MR) is 122 cm³/mol. The molecule has 0 spiro atoms. The molecule has 0 unspecified atom stereocenters. The molecule has 0 aliphatic carbocycles. The van der Waals surface area contributed by atoms with Gasteiger partial charge in [-0.25, -0.2) is 9.78 Å². The average Bonchev–Trinajstić information content (AvgIpc) is 3.18. The van der Waals surface area contributed by atoms with Gasteiger partial charge in [0.25, 0.3) is 0 Å². The van der Waals surface area contributed by atoms with Gasteiger partial charge in [-0.05, 0) is 55.0 Å². The number of rotatable bonds is 6. The number of fused-ring (bicyclic) bond motifs is 1. The fourth-order valence-electron chi connectivity index (χ4n) is 3.39. The highest BCUT2D eigenvalue weighted by Crippen LogP contribution is 2.31. The first-order valence-corrected chi connectivity index (χ1v) is 10.2. The molecular weight excluding hydrogens is 465 g/mol. The Balaban J connectivity index is 1.48. The zero-order chi connectivity index (χ0) is 25.2. The van der Waals surface area contributed by atoms with Crippen LogP contribution in [-0.2, 0) is 17.5 Å². The van der Waals surface area contributed by atoms with E-state index in [1.807, 2.05) is 0 Å². The van der Waals surface area contributed by atoms with Gasteiger partial charge < -0.3 is 25.7 Å². The third-order valence-electron chi connectivity index (χ3n) is 4.95. The molecule has 4 rings (SSSR count). The smallest absolute Gasteiger partial charge is 0.416 e. The Hall–Kier alpha value is -4.61. The monoisotopic (exact) mass is 484 g/mol. The number of amides is 3. The first-order chi connectivity index (χ1) is 16.6. The molecule has 9 nitrogen and oxygen atoms in total. The minimum Gasteiger partial charge on any atom is -0.437 e. The van der Waals surface area contributed by atoms with E-state index in [-0.39, 0.29) is 18.1 Å². The zero-order valence-corrected chi connectivity index (χ0v) is 18.3. The summed E-state index contributed by atoms with van der Waals surface area (Å²) in [6.45, 7) is 1.65. The van der Waals surface area contributed by atoms with Gasteiger partial charge in [-0.3, -0.25) is 4.79 Å². The Kier molecular flexibility index (Phi) is 6.28. The van der Waals surface area contributed by atoms with E-state index >= 15 is 0 Å². The first kappa shape index (κ1) is 23.5. The Bertz CT molecular complexity index is 1420. The topological polar surface area (TPSA) is 124 Å². The first-order valence-electron chi connectivity index (χ1n) is 10.2. The SMILES string of the molecule is Cc1cc(Oc2ncnc3ccn(CC(N)=O)c23)ccc1NC(=O)Nc1cccc(C(F)(F)F)c1. The van der Waals surface area contributed by atoms with Crippen LogP contribution in [0.5, 0.6) is 11.6 Å². The van der Waals surface area contributed by atoms with Gasteiger partial charge in [-0.1, -0.05) is 6.07 Å². The lowest BCUT2D eigenvalue weighted by Crippen LogP contribution is -2.20. The molecule has 12 heteroatoms. The molecule has 2 aromatic heterocycles. The maximum atomic E-state index is 12.9. The number of ether oxygens (including phenoxy) is 1. The minimum atomic E-state index is -4.52. The standard InChI is InChI=1S/C23H19F3N6O3/c1-13-9-16(35-21-20-18(28-12-29-21)7-8-32(20)11-19(27)33)5-6-17(13)31-22(34)30-15-4-2-3-14(10-15)23(24,25)26/h2-10,12H,11H2,1H3,(H2,27,33)(H2,30,31,34). The molecule has 4 N–H and O–H groups in total. The number of hydrogen-bond acceptors (Lipinski definition) is 5. The number of aromatic nitrogens is 3. The van der Waals surface area contributed by atoms with Gasteiger partial charge >= 0.3 is 12.2 Å². The number of carbonyl (C=O) groups excluding carboxylic acids is 2. The number of halogens is 3. The third kappa shape index (κ3) is 5.49. The van der Waals surface area contributed by atoms with Crippen molar-refractivity contribution in [2.75, 3.05) is 10.6 Å². The maximum Gasteiger partial charge on any atom is 0.416 e. The number of benzene rings is 2. The third-order valence-corrected chi connectivity index (χ3v) is 4.95. The second-order valence-electron chi connectivity index (χ2n) is 7.56. The van der Waals surface area contributed by atoms with Gasteiger partial charge in [0.1, 0.15) is 24.1 Å². The summed E-state index contributed by atoms with van der Waals surface area (Å²) in [6, 6.07) is 10.1. The fraction of sp³-hybridized carbons (Fsp3) is 0.130. The van der Waals surface area contributed by atoms with Crippen molar-refractivity contribution in [3.05, 3.63) is 72.2 Å². The molecule has 0 bridgehead atoms. The number of anilines is 2. The van der Waals surface area contributed by atoms with E-state index in [1.165, 1.54) is 18.5 Å². The van der Waals surface area contributed by atoms with Crippen molar-refractivity contribution in [1.29, 1.82) is 0 Å². The van der Waals surface area contributed by atoms with Crippen LogP contribution in [0, 0.1) is 6.92 Å². The van der Waals surface area contributed by atoms with Crippen LogP contribution in [0.15, 0.2) is 61.1 Å². The zero-order valence-electron chi connectivity index (χ0n) is 18.3. The number of aryl methyl sites for hydroxylation is 1. The lowest BCUT2D eigenvalue weighted by molar-refractivity contribution is -0.137. The highest BCUT2D eigenvalue weighted by molar-refractivity contribution is 6.00. The predicted octanol–water partition coefficient (Wildman–Crippen LogP) is 4.68. The molecule has 4 aromatic rings. The summed E-state index contributed by atoms with van der Waals surface area (Å²) in [5, 5.41) is 4.98. The van der Waals surface area contributed by atoms with Crippen molar-refractivity contribution >= 4 is 34.3 Å². The highest BCUT2D eigenvalue weighted by Gasteiger charge is 2.30. The summed E-state index contributed by atoms with van der Waals surface area (Å²) in [5.74, 6) is 0.0776. The lowest BCUT2D eigenvalue weighted by Gasteiger charge is -2.13. The van der Waals surface area contributed by atoms with Crippen LogP contribution >= 0.6 is 0 Å². The van der Waals surface area contributed by atoms with Crippen LogP contribution in [0.25, 0.3) is 11.0 Å². The Labute approximate surface area is 196 Å². The molecule has 2 heterocycles. The second-order valence-corrected chi connectivity index (χ2v) is 7.56. The van der Waals surface area contributed by atoms with E-state index in [0.29, 0.717) is 28.0 Å². The lowest BCUT2D eigenvalue weighted by atomic mass is 10.2. The molecular formula is C23H19F3N6O3. The summed E-state index contributed by atoms with van der Waals surface area (Å²) in [7, 11) is 0. The van der Waals surface area contributed by atoms with Crippen LogP contribution in [0.3, 0.4) is 0 Å². The van der Waals surface area contributed by atoms with Gasteiger partial charge in [0.2, 0.25) is 11.8 Å². The molecule has 0 saturated heterocycles. The summed E-state index contributed by atoms with van der Waals surface area (Å²) in [4.78, 5) is 32.0. The number of primary amides is 1. The number of nitrogens with one attached hydrogen (secondary N) is 2. The number of alkyl halides is 3. The number of hydrogen-bond donors (Lipinski definition) is 3. The largest absolute Gasteiger partial charge is 0.437 e. The van der Waals surface area contributed by atoms with E-state index in [1.54, 1.807) is 42.0 Å². The second kappa shape index (κ2) is 9.33. The Morgan fingerprint density at radius 3 is 2.60 bits per heavy atom. The Morgan fingerprint density at radius 2 is 1.89 bits per heavy atom. The molecule has 0 aliphatic rings. The van der Waals surface area contributed by atoms with Crippen molar-refractivity contribution in [2.45, 2.75) is 19.6 Å². The van der Waals surface area contributed by atoms with E-state index in [2.05, 4.69) is 20.6 Å².